The molecule has 2 aromatic carbocycles. The number of hydrogen-bond donors (Lipinski definition) is 0. The third-order valence-electron chi connectivity index (χ3n) is 4.92. The van der Waals surface area contributed by atoms with Crippen molar-refractivity contribution < 1.29 is 17.9 Å². The Morgan fingerprint density at radius 3 is 2.35 bits per heavy atom. The molecule has 10 heteroatoms. The Bertz CT molecular complexity index is 1210. The van der Waals surface area contributed by atoms with Gasteiger partial charge in [-0.25, -0.2) is 8.42 Å². The second-order valence-corrected chi connectivity index (χ2v) is 10.4. The molecule has 3 aromatic rings. The quantitative estimate of drug-likeness (QED) is 0.415. The molecule has 0 spiro atoms. The molecule has 1 aromatic heterocycles. The highest BCUT2D eigenvalue weighted by molar-refractivity contribution is 7.89. The summed E-state index contributed by atoms with van der Waals surface area (Å²) in [5.41, 5.74) is 2.06. The van der Waals surface area contributed by atoms with E-state index in [4.69, 9.17) is 4.52 Å². The van der Waals surface area contributed by atoms with Crippen molar-refractivity contribution in [3.63, 3.8) is 0 Å². The van der Waals surface area contributed by atoms with Gasteiger partial charge in [0, 0.05) is 24.2 Å². The van der Waals surface area contributed by atoms with E-state index in [1.165, 1.54) is 19.2 Å². The molecule has 0 aliphatic carbocycles. The monoisotopic (exact) mass is 444 g/mol. The van der Waals surface area contributed by atoms with Crippen LogP contribution < -0.4 is 0 Å². The van der Waals surface area contributed by atoms with Gasteiger partial charge in [-0.1, -0.05) is 56.3 Å². The van der Waals surface area contributed by atoms with Gasteiger partial charge in [0.25, 0.3) is 5.69 Å². The fraction of sp³-hybridized carbons (Fsp3) is 0.333. The van der Waals surface area contributed by atoms with Crippen LogP contribution in [-0.2, 0) is 22.0 Å². The molecule has 0 unspecified atom stereocenters. The van der Waals surface area contributed by atoms with E-state index in [1.54, 1.807) is 6.92 Å². The van der Waals surface area contributed by atoms with Gasteiger partial charge in [-0.3, -0.25) is 10.1 Å². The summed E-state index contributed by atoms with van der Waals surface area (Å²) in [5.74, 6) is 0.467. The Kier molecular flexibility index (Phi) is 5.97. The molecule has 0 saturated heterocycles. The van der Waals surface area contributed by atoms with Crippen molar-refractivity contribution in [2.45, 2.75) is 44.6 Å². The van der Waals surface area contributed by atoms with E-state index in [0.717, 1.165) is 21.5 Å². The van der Waals surface area contributed by atoms with Crippen LogP contribution in [0, 0.1) is 17.0 Å². The maximum atomic E-state index is 12.8. The van der Waals surface area contributed by atoms with Crippen LogP contribution >= 0.6 is 0 Å². The summed E-state index contributed by atoms with van der Waals surface area (Å²) >= 11 is 0. The lowest BCUT2D eigenvalue weighted by atomic mass is 9.87. The normalized spacial score (nSPS) is 12.3. The van der Waals surface area contributed by atoms with Gasteiger partial charge >= 0.3 is 0 Å². The summed E-state index contributed by atoms with van der Waals surface area (Å²) in [6.45, 7) is 7.73. The van der Waals surface area contributed by atoms with Crippen LogP contribution in [0.1, 0.15) is 37.8 Å². The minimum Gasteiger partial charge on any atom is -0.338 e. The summed E-state index contributed by atoms with van der Waals surface area (Å²) in [4.78, 5) is 14.6. The van der Waals surface area contributed by atoms with Gasteiger partial charge in [0.1, 0.15) is 0 Å². The second-order valence-electron chi connectivity index (χ2n) is 8.31. The summed E-state index contributed by atoms with van der Waals surface area (Å²) in [5, 5.41) is 15.1. The van der Waals surface area contributed by atoms with Crippen molar-refractivity contribution in [3.8, 4) is 11.4 Å². The van der Waals surface area contributed by atoms with Crippen LogP contribution in [0.4, 0.5) is 5.69 Å². The molecule has 9 nitrogen and oxygen atoms in total. The van der Waals surface area contributed by atoms with Gasteiger partial charge in [0.2, 0.25) is 21.7 Å². The smallest absolute Gasteiger partial charge is 0.273 e. The maximum Gasteiger partial charge on any atom is 0.273 e. The Morgan fingerprint density at radius 1 is 1.13 bits per heavy atom. The average Bonchev–Trinajstić information content (AvgIpc) is 3.15. The van der Waals surface area contributed by atoms with Crippen molar-refractivity contribution >= 4 is 15.7 Å². The number of aromatic nitrogens is 2. The van der Waals surface area contributed by atoms with E-state index in [2.05, 4.69) is 30.9 Å². The molecule has 0 amide bonds. The van der Waals surface area contributed by atoms with Crippen LogP contribution in [0.3, 0.4) is 0 Å². The van der Waals surface area contributed by atoms with E-state index >= 15 is 0 Å². The molecular formula is C21H24N4O5S. The van der Waals surface area contributed by atoms with Gasteiger partial charge in [-0.2, -0.15) is 9.29 Å². The van der Waals surface area contributed by atoms with Gasteiger partial charge in [-0.15, -0.1) is 0 Å². The Morgan fingerprint density at radius 2 is 1.77 bits per heavy atom. The minimum absolute atomic E-state index is 0.0169. The Hall–Kier alpha value is -3.11. The van der Waals surface area contributed by atoms with Crippen molar-refractivity contribution in [3.05, 3.63) is 69.6 Å². The molecule has 0 N–H and O–H groups in total. The summed E-state index contributed by atoms with van der Waals surface area (Å²) in [6, 6.07) is 11.6. The van der Waals surface area contributed by atoms with E-state index in [0.29, 0.717) is 11.4 Å². The van der Waals surface area contributed by atoms with Crippen LogP contribution in [0.25, 0.3) is 11.4 Å². The van der Waals surface area contributed by atoms with Gasteiger partial charge in [-0.05, 0) is 24.0 Å². The van der Waals surface area contributed by atoms with Gasteiger partial charge in [0.15, 0.2) is 0 Å². The van der Waals surface area contributed by atoms with E-state index in [1.807, 2.05) is 24.3 Å². The molecule has 0 atom stereocenters. The predicted molar refractivity (Wildman–Crippen MR) is 115 cm³/mol. The molecule has 1 heterocycles. The average molecular weight is 445 g/mol. The summed E-state index contributed by atoms with van der Waals surface area (Å²) in [6.07, 6.45) is 0. The van der Waals surface area contributed by atoms with Gasteiger partial charge in [0.05, 0.1) is 16.4 Å². The molecule has 0 saturated carbocycles. The Balaban J connectivity index is 1.80. The number of nitro groups is 1. The zero-order valence-electron chi connectivity index (χ0n) is 18.0. The highest BCUT2D eigenvalue weighted by Gasteiger charge is 2.26. The second kappa shape index (κ2) is 8.20. The summed E-state index contributed by atoms with van der Waals surface area (Å²) in [7, 11) is -2.64. The molecule has 0 fully saturated rings. The Labute approximate surface area is 180 Å². The lowest BCUT2D eigenvalue weighted by Gasteiger charge is -2.18. The molecule has 0 bridgehead atoms. The van der Waals surface area contributed by atoms with Crippen molar-refractivity contribution in [2.24, 2.45) is 0 Å². The third kappa shape index (κ3) is 4.80. The lowest BCUT2D eigenvalue weighted by Crippen LogP contribution is -2.26. The van der Waals surface area contributed by atoms with Crippen LogP contribution in [0.5, 0.6) is 0 Å². The fourth-order valence-corrected chi connectivity index (χ4v) is 4.10. The van der Waals surface area contributed by atoms with Crippen molar-refractivity contribution in [2.75, 3.05) is 7.05 Å². The van der Waals surface area contributed by atoms with E-state index in [9.17, 15) is 18.5 Å². The number of nitro benzene ring substituents is 1. The fourth-order valence-electron chi connectivity index (χ4n) is 2.96. The number of sulfonamides is 1. The zero-order chi connectivity index (χ0) is 23.0. The maximum absolute atomic E-state index is 12.8. The molecule has 0 radical (unpaired) electrons. The van der Waals surface area contributed by atoms with Crippen molar-refractivity contribution in [1.29, 1.82) is 0 Å². The molecular weight excluding hydrogens is 420 g/mol. The molecule has 164 valence electrons. The molecule has 31 heavy (non-hydrogen) atoms. The number of rotatable bonds is 6. The number of nitrogens with zero attached hydrogens (tertiary/aromatic N) is 4. The first kappa shape index (κ1) is 22.6. The lowest BCUT2D eigenvalue weighted by molar-refractivity contribution is -0.385. The first-order valence-electron chi connectivity index (χ1n) is 9.54. The highest BCUT2D eigenvalue weighted by Crippen LogP contribution is 2.26. The van der Waals surface area contributed by atoms with E-state index in [-0.39, 0.29) is 28.4 Å². The predicted octanol–water partition coefficient (Wildman–Crippen LogP) is 4.07. The first-order valence-corrected chi connectivity index (χ1v) is 11.0. The van der Waals surface area contributed by atoms with Gasteiger partial charge < -0.3 is 4.52 Å². The van der Waals surface area contributed by atoms with Crippen LogP contribution in [0.2, 0.25) is 0 Å². The molecule has 3 rings (SSSR count). The molecule has 0 aliphatic rings. The molecule has 0 aliphatic heterocycles. The first-order chi connectivity index (χ1) is 14.4. The SMILES string of the molecule is Cc1ccc(S(=O)(=O)N(C)Cc2nc(-c3ccc(C(C)(C)C)cc3)no2)cc1[N+](=O)[O-]. The summed E-state index contributed by atoms with van der Waals surface area (Å²) < 4.78 is 31.9. The number of hydrogen-bond acceptors (Lipinski definition) is 7. The number of aryl methyl sites for hydroxylation is 1. The van der Waals surface area contributed by atoms with Crippen LogP contribution in [-0.4, -0.2) is 34.8 Å². The topological polar surface area (TPSA) is 119 Å². The van der Waals surface area contributed by atoms with E-state index < -0.39 is 14.9 Å². The largest absolute Gasteiger partial charge is 0.338 e. The van der Waals surface area contributed by atoms with Crippen molar-refractivity contribution in [1.82, 2.24) is 14.4 Å². The standard InChI is InChI=1S/C21H24N4O5S/c1-14-6-11-17(12-18(14)25(26)27)31(28,29)24(5)13-19-22-20(23-30-19)15-7-9-16(10-8-15)21(2,3)4/h6-12H,13H2,1-5H3. The minimum atomic E-state index is -3.99. The highest BCUT2D eigenvalue weighted by atomic mass is 32.2. The zero-order valence-corrected chi connectivity index (χ0v) is 18.8. The van der Waals surface area contributed by atoms with Crippen LogP contribution in [0.15, 0.2) is 51.9 Å². The number of benzene rings is 2. The third-order valence-corrected chi connectivity index (χ3v) is 6.72.